The van der Waals surface area contributed by atoms with Crippen molar-refractivity contribution in [2.75, 3.05) is 6.54 Å². The molecule has 0 atom stereocenters. The predicted molar refractivity (Wildman–Crippen MR) is 55.2 cm³/mol. The molecule has 15 heavy (non-hydrogen) atoms. The van der Waals surface area contributed by atoms with Crippen LogP contribution in [0, 0.1) is 11.7 Å². The fourth-order valence-corrected chi connectivity index (χ4v) is 1.09. The lowest BCUT2D eigenvalue weighted by Crippen LogP contribution is -2.27. The van der Waals surface area contributed by atoms with E-state index in [9.17, 15) is 14.3 Å². The molecule has 4 heteroatoms. The molecule has 2 N–H and O–H groups in total. The Morgan fingerprint density at radius 2 is 2.20 bits per heavy atom. The number of halogens is 1. The minimum absolute atomic E-state index is 0.0945. The van der Waals surface area contributed by atoms with Crippen molar-refractivity contribution in [3.05, 3.63) is 29.6 Å². The van der Waals surface area contributed by atoms with Crippen molar-refractivity contribution in [3.8, 4) is 5.75 Å². The van der Waals surface area contributed by atoms with E-state index in [2.05, 4.69) is 5.32 Å². The fourth-order valence-electron chi connectivity index (χ4n) is 1.09. The Bertz CT molecular complexity index is 364. The highest BCUT2D eigenvalue weighted by Gasteiger charge is 2.11. The van der Waals surface area contributed by atoms with Crippen molar-refractivity contribution in [1.82, 2.24) is 5.32 Å². The molecule has 0 radical (unpaired) electrons. The number of benzene rings is 1. The fraction of sp³-hybridized carbons (Fsp3) is 0.364. The first-order chi connectivity index (χ1) is 7.00. The van der Waals surface area contributed by atoms with E-state index in [1.807, 2.05) is 13.8 Å². The largest absolute Gasteiger partial charge is 0.507 e. The number of amides is 1. The average molecular weight is 211 g/mol. The molecule has 0 aromatic heterocycles. The van der Waals surface area contributed by atoms with Gasteiger partial charge in [0.2, 0.25) is 0 Å². The number of rotatable bonds is 3. The Labute approximate surface area is 87.9 Å². The van der Waals surface area contributed by atoms with Gasteiger partial charge in [0, 0.05) is 12.6 Å². The molecule has 0 heterocycles. The molecule has 1 aromatic carbocycles. The van der Waals surface area contributed by atoms with Crippen LogP contribution in [0.15, 0.2) is 18.2 Å². The molecule has 0 aliphatic rings. The first kappa shape index (κ1) is 11.5. The molecule has 0 unspecified atom stereocenters. The van der Waals surface area contributed by atoms with Crippen LogP contribution in [0.25, 0.3) is 0 Å². The number of carbonyl (C=O) groups excluding carboxylic acids is 1. The van der Waals surface area contributed by atoms with Crippen molar-refractivity contribution in [3.63, 3.8) is 0 Å². The van der Waals surface area contributed by atoms with Gasteiger partial charge in [-0.05, 0) is 18.1 Å². The van der Waals surface area contributed by atoms with Gasteiger partial charge in [0.15, 0.2) is 0 Å². The highest BCUT2D eigenvalue weighted by Crippen LogP contribution is 2.17. The quantitative estimate of drug-likeness (QED) is 0.802. The third-order valence-electron chi connectivity index (χ3n) is 1.88. The zero-order valence-corrected chi connectivity index (χ0v) is 8.75. The van der Waals surface area contributed by atoms with Crippen LogP contribution in [0.2, 0.25) is 0 Å². The summed E-state index contributed by atoms with van der Waals surface area (Å²) in [6, 6.07) is 3.33. The molecule has 0 fully saturated rings. The van der Waals surface area contributed by atoms with Gasteiger partial charge in [-0.2, -0.15) is 0 Å². The molecular weight excluding hydrogens is 197 g/mol. The normalized spacial score (nSPS) is 10.4. The monoisotopic (exact) mass is 211 g/mol. The van der Waals surface area contributed by atoms with Crippen molar-refractivity contribution in [1.29, 1.82) is 0 Å². The Morgan fingerprint density at radius 3 is 2.73 bits per heavy atom. The van der Waals surface area contributed by atoms with Gasteiger partial charge in [0.25, 0.3) is 5.91 Å². The Kier molecular flexibility index (Phi) is 3.66. The van der Waals surface area contributed by atoms with Gasteiger partial charge in [-0.3, -0.25) is 4.79 Å². The van der Waals surface area contributed by atoms with Crippen molar-refractivity contribution in [2.24, 2.45) is 5.92 Å². The molecular formula is C11H14FNO2. The second-order valence-corrected chi connectivity index (χ2v) is 3.77. The van der Waals surface area contributed by atoms with Gasteiger partial charge in [-0.1, -0.05) is 13.8 Å². The number of hydrogen-bond donors (Lipinski definition) is 2. The summed E-state index contributed by atoms with van der Waals surface area (Å²) in [4.78, 5) is 11.5. The molecule has 0 bridgehead atoms. The molecule has 1 aromatic rings. The number of phenolic OH excluding ortho intramolecular Hbond substituents is 1. The molecule has 1 rings (SSSR count). The van der Waals surface area contributed by atoms with E-state index in [1.54, 1.807) is 0 Å². The summed E-state index contributed by atoms with van der Waals surface area (Å²) in [5.41, 5.74) is 0.0945. The summed E-state index contributed by atoms with van der Waals surface area (Å²) < 4.78 is 12.6. The average Bonchev–Trinajstić information content (AvgIpc) is 2.14. The smallest absolute Gasteiger partial charge is 0.255 e. The first-order valence-corrected chi connectivity index (χ1v) is 4.77. The number of carbonyl (C=O) groups is 1. The third kappa shape index (κ3) is 3.23. The zero-order valence-electron chi connectivity index (χ0n) is 8.75. The standard InChI is InChI=1S/C11H14FNO2/c1-7(2)6-13-11(15)9-4-3-8(12)5-10(9)14/h3-5,7,14H,6H2,1-2H3,(H,13,15). The highest BCUT2D eigenvalue weighted by molar-refractivity contribution is 5.96. The van der Waals surface area contributed by atoms with Crippen molar-refractivity contribution in [2.45, 2.75) is 13.8 Å². The molecule has 0 saturated carbocycles. The SMILES string of the molecule is CC(C)CNC(=O)c1ccc(F)cc1O. The van der Waals surface area contributed by atoms with Gasteiger partial charge < -0.3 is 10.4 Å². The molecule has 0 spiro atoms. The van der Waals surface area contributed by atoms with Crippen LogP contribution in [-0.2, 0) is 0 Å². The summed E-state index contributed by atoms with van der Waals surface area (Å²) in [5, 5.41) is 12.0. The van der Waals surface area contributed by atoms with E-state index >= 15 is 0 Å². The Morgan fingerprint density at radius 1 is 1.53 bits per heavy atom. The third-order valence-corrected chi connectivity index (χ3v) is 1.88. The maximum Gasteiger partial charge on any atom is 0.255 e. The maximum atomic E-state index is 12.6. The van der Waals surface area contributed by atoms with Crippen molar-refractivity contribution >= 4 is 5.91 Å². The zero-order chi connectivity index (χ0) is 11.4. The van der Waals surface area contributed by atoms with E-state index in [0.29, 0.717) is 12.5 Å². The maximum absolute atomic E-state index is 12.6. The molecule has 82 valence electrons. The molecule has 0 saturated heterocycles. The minimum atomic E-state index is -0.562. The number of aromatic hydroxyl groups is 1. The van der Waals surface area contributed by atoms with Crippen LogP contribution >= 0.6 is 0 Å². The lowest BCUT2D eigenvalue weighted by atomic mass is 10.1. The van der Waals surface area contributed by atoms with Crippen LogP contribution in [0.3, 0.4) is 0 Å². The summed E-state index contributed by atoms with van der Waals surface area (Å²) in [6.45, 7) is 4.45. The van der Waals surface area contributed by atoms with E-state index in [4.69, 9.17) is 0 Å². The molecule has 0 aliphatic carbocycles. The topological polar surface area (TPSA) is 49.3 Å². The molecule has 1 amide bonds. The predicted octanol–water partition coefficient (Wildman–Crippen LogP) is 1.92. The Hall–Kier alpha value is -1.58. The number of hydrogen-bond acceptors (Lipinski definition) is 2. The lowest BCUT2D eigenvalue weighted by Gasteiger charge is -2.08. The molecule has 0 aliphatic heterocycles. The lowest BCUT2D eigenvalue weighted by molar-refractivity contribution is 0.0946. The van der Waals surface area contributed by atoms with E-state index in [0.717, 1.165) is 12.1 Å². The van der Waals surface area contributed by atoms with E-state index in [1.165, 1.54) is 6.07 Å². The number of phenols is 1. The van der Waals surface area contributed by atoms with Crippen LogP contribution in [0.5, 0.6) is 5.75 Å². The summed E-state index contributed by atoms with van der Waals surface area (Å²) in [5.74, 6) is -0.957. The van der Waals surface area contributed by atoms with Crippen LogP contribution in [-0.4, -0.2) is 17.6 Å². The van der Waals surface area contributed by atoms with Gasteiger partial charge in [-0.25, -0.2) is 4.39 Å². The minimum Gasteiger partial charge on any atom is -0.507 e. The van der Waals surface area contributed by atoms with Crippen LogP contribution in [0.1, 0.15) is 24.2 Å². The van der Waals surface area contributed by atoms with E-state index < -0.39 is 5.82 Å². The molecule has 3 nitrogen and oxygen atoms in total. The highest BCUT2D eigenvalue weighted by atomic mass is 19.1. The summed E-state index contributed by atoms with van der Waals surface area (Å²) >= 11 is 0. The first-order valence-electron chi connectivity index (χ1n) is 4.77. The second kappa shape index (κ2) is 4.77. The van der Waals surface area contributed by atoms with Crippen LogP contribution < -0.4 is 5.32 Å². The summed E-state index contributed by atoms with van der Waals surface area (Å²) in [7, 11) is 0. The van der Waals surface area contributed by atoms with Crippen LogP contribution in [0.4, 0.5) is 4.39 Å². The van der Waals surface area contributed by atoms with Gasteiger partial charge in [-0.15, -0.1) is 0 Å². The second-order valence-electron chi connectivity index (χ2n) is 3.77. The number of nitrogens with one attached hydrogen (secondary N) is 1. The van der Waals surface area contributed by atoms with Gasteiger partial charge in [0.1, 0.15) is 11.6 Å². The van der Waals surface area contributed by atoms with E-state index in [-0.39, 0.29) is 17.2 Å². The van der Waals surface area contributed by atoms with Gasteiger partial charge >= 0.3 is 0 Å². The van der Waals surface area contributed by atoms with Crippen molar-refractivity contribution < 1.29 is 14.3 Å². The Balaban J connectivity index is 2.74. The van der Waals surface area contributed by atoms with Gasteiger partial charge in [0.05, 0.1) is 5.56 Å². The summed E-state index contributed by atoms with van der Waals surface area (Å²) in [6.07, 6.45) is 0.